The van der Waals surface area contributed by atoms with Crippen LogP contribution in [0.15, 0.2) is 30.3 Å². The highest BCUT2D eigenvalue weighted by Crippen LogP contribution is 2.18. The summed E-state index contributed by atoms with van der Waals surface area (Å²) >= 11 is 0. The third-order valence-corrected chi connectivity index (χ3v) is 3.93. The molecule has 1 aromatic carbocycles. The van der Waals surface area contributed by atoms with E-state index in [1.807, 2.05) is 0 Å². The summed E-state index contributed by atoms with van der Waals surface area (Å²) in [5.41, 5.74) is 1.53. The first-order chi connectivity index (χ1) is 9.12. The molecule has 2 rings (SSSR count). The molecular formula is C16H26N2O. The van der Waals surface area contributed by atoms with Crippen molar-refractivity contribution in [3.8, 4) is 0 Å². The van der Waals surface area contributed by atoms with Gasteiger partial charge in [0.05, 0.1) is 6.61 Å². The predicted molar refractivity (Wildman–Crippen MR) is 79.5 cm³/mol. The summed E-state index contributed by atoms with van der Waals surface area (Å²) in [6.07, 6.45) is 1.10. The van der Waals surface area contributed by atoms with E-state index in [-0.39, 0.29) is 5.54 Å². The van der Waals surface area contributed by atoms with Crippen LogP contribution in [0.5, 0.6) is 0 Å². The van der Waals surface area contributed by atoms with E-state index in [0.717, 1.165) is 32.7 Å². The van der Waals surface area contributed by atoms with Crippen LogP contribution in [0.1, 0.15) is 19.4 Å². The van der Waals surface area contributed by atoms with E-state index in [1.54, 1.807) is 7.11 Å². The highest BCUT2D eigenvalue weighted by Gasteiger charge is 2.31. The van der Waals surface area contributed by atoms with Crippen LogP contribution in [-0.4, -0.2) is 49.8 Å². The lowest BCUT2D eigenvalue weighted by Gasteiger charge is -2.43. The topological polar surface area (TPSA) is 24.5 Å². The van der Waals surface area contributed by atoms with Crippen LogP contribution in [0.2, 0.25) is 0 Å². The van der Waals surface area contributed by atoms with Gasteiger partial charge in [-0.15, -0.1) is 0 Å². The maximum absolute atomic E-state index is 5.35. The van der Waals surface area contributed by atoms with Crippen LogP contribution in [0.4, 0.5) is 0 Å². The molecule has 0 aliphatic carbocycles. The highest BCUT2D eigenvalue weighted by atomic mass is 16.5. The number of methoxy groups -OCH3 is 1. The Hall–Kier alpha value is -0.900. The van der Waals surface area contributed by atoms with Gasteiger partial charge >= 0.3 is 0 Å². The molecule has 1 aliphatic heterocycles. The zero-order valence-electron chi connectivity index (χ0n) is 12.4. The van der Waals surface area contributed by atoms with E-state index >= 15 is 0 Å². The van der Waals surface area contributed by atoms with Gasteiger partial charge in [-0.05, 0) is 25.8 Å². The molecule has 19 heavy (non-hydrogen) atoms. The van der Waals surface area contributed by atoms with Crippen molar-refractivity contribution in [1.29, 1.82) is 0 Å². The van der Waals surface area contributed by atoms with Gasteiger partial charge in [-0.2, -0.15) is 0 Å². The molecule has 0 bridgehead atoms. The number of nitrogens with zero attached hydrogens (tertiary/aromatic N) is 1. The molecule has 1 unspecified atom stereocenters. The Morgan fingerprint density at radius 3 is 2.74 bits per heavy atom. The predicted octanol–water partition coefficient (Wildman–Crippen LogP) is 1.93. The summed E-state index contributed by atoms with van der Waals surface area (Å²) in [7, 11) is 1.78. The van der Waals surface area contributed by atoms with Gasteiger partial charge in [0.15, 0.2) is 0 Å². The molecule has 0 aromatic heterocycles. The molecule has 1 aromatic rings. The average molecular weight is 262 g/mol. The fourth-order valence-electron chi connectivity index (χ4n) is 2.86. The molecule has 3 heteroatoms. The first-order valence-corrected chi connectivity index (χ1v) is 7.13. The lowest BCUT2D eigenvalue weighted by molar-refractivity contribution is 0.0161. The summed E-state index contributed by atoms with van der Waals surface area (Å²) in [5.74, 6) is 0. The van der Waals surface area contributed by atoms with Crippen molar-refractivity contribution < 1.29 is 4.74 Å². The lowest BCUT2D eigenvalue weighted by atomic mass is 9.98. The minimum absolute atomic E-state index is 0.117. The van der Waals surface area contributed by atoms with E-state index in [4.69, 9.17) is 4.74 Å². The van der Waals surface area contributed by atoms with Crippen molar-refractivity contribution in [2.24, 2.45) is 0 Å². The molecule has 3 nitrogen and oxygen atoms in total. The van der Waals surface area contributed by atoms with Gasteiger partial charge in [0.1, 0.15) is 0 Å². The van der Waals surface area contributed by atoms with Crippen LogP contribution >= 0.6 is 0 Å². The Bertz CT molecular complexity index is 378. The standard InChI is InChI=1S/C16H26N2O/c1-16(2,13-19-3)18-10-9-17-15(12-18)11-14-7-5-4-6-8-14/h4-8,15,17H,9-13H2,1-3H3. The first-order valence-electron chi connectivity index (χ1n) is 7.13. The molecule has 0 saturated carbocycles. The van der Waals surface area contributed by atoms with Gasteiger partial charge in [-0.3, -0.25) is 4.90 Å². The van der Waals surface area contributed by atoms with E-state index in [1.165, 1.54) is 5.56 Å². The van der Waals surface area contributed by atoms with Gasteiger partial charge in [0.2, 0.25) is 0 Å². The second-order valence-corrected chi connectivity index (χ2v) is 6.03. The van der Waals surface area contributed by atoms with Gasteiger partial charge in [-0.1, -0.05) is 30.3 Å². The number of hydrogen-bond acceptors (Lipinski definition) is 3. The maximum atomic E-state index is 5.35. The number of hydrogen-bond donors (Lipinski definition) is 1. The van der Waals surface area contributed by atoms with Crippen LogP contribution < -0.4 is 5.32 Å². The van der Waals surface area contributed by atoms with Gasteiger partial charge in [0.25, 0.3) is 0 Å². The summed E-state index contributed by atoms with van der Waals surface area (Å²) in [4.78, 5) is 2.54. The number of ether oxygens (including phenoxy) is 1. The Morgan fingerprint density at radius 1 is 1.32 bits per heavy atom. The summed E-state index contributed by atoms with van der Waals surface area (Å²) in [5, 5.41) is 3.63. The highest BCUT2D eigenvalue weighted by molar-refractivity contribution is 5.16. The molecule has 0 amide bonds. The maximum Gasteiger partial charge on any atom is 0.0641 e. The third-order valence-electron chi connectivity index (χ3n) is 3.93. The average Bonchev–Trinajstić information content (AvgIpc) is 2.40. The smallest absolute Gasteiger partial charge is 0.0641 e. The van der Waals surface area contributed by atoms with Crippen molar-refractivity contribution in [1.82, 2.24) is 10.2 Å². The molecule has 1 fully saturated rings. The molecular weight excluding hydrogens is 236 g/mol. The second kappa shape index (κ2) is 6.51. The molecule has 106 valence electrons. The summed E-state index contributed by atoms with van der Waals surface area (Å²) < 4.78 is 5.35. The molecule has 0 spiro atoms. The number of piperazine rings is 1. The van der Waals surface area contributed by atoms with Gasteiger partial charge < -0.3 is 10.1 Å². The Balaban J connectivity index is 1.94. The van der Waals surface area contributed by atoms with E-state index < -0.39 is 0 Å². The molecule has 1 saturated heterocycles. The molecule has 1 heterocycles. The monoisotopic (exact) mass is 262 g/mol. The lowest BCUT2D eigenvalue weighted by Crippen LogP contribution is -2.59. The minimum Gasteiger partial charge on any atom is -0.383 e. The first kappa shape index (κ1) is 14.5. The van der Waals surface area contributed by atoms with Gasteiger partial charge in [-0.25, -0.2) is 0 Å². The van der Waals surface area contributed by atoms with Crippen LogP contribution in [-0.2, 0) is 11.2 Å². The van der Waals surface area contributed by atoms with Crippen LogP contribution in [0.25, 0.3) is 0 Å². The van der Waals surface area contributed by atoms with Crippen molar-refractivity contribution >= 4 is 0 Å². The molecule has 0 radical (unpaired) electrons. The number of rotatable bonds is 5. The second-order valence-electron chi connectivity index (χ2n) is 6.03. The minimum atomic E-state index is 0.117. The van der Waals surface area contributed by atoms with Crippen molar-refractivity contribution in [3.63, 3.8) is 0 Å². The third kappa shape index (κ3) is 4.03. The Morgan fingerprint density at radius 2 is 2.05 bits per heavy atom. The molecule has 1 aliphatic rings. The zero-order valence-corrected chi connectivity index (χ0v) is 12.4. The normalized spacial score (nSPS) is 21.5. The van der Waals surface area contributed by atoms with Crippen molar-refractivity contribution in [3.05, 3.63) is 35.9 Å². The van der Waals surface area contributed by atoms with Crippen LogP contribution in [0.3, 0.4) is 0 Å². The number of nitrogens with one attached hydrogen (secondary N) is 1. The quantitative estimate of drug-likeness (QED) is 0.877. The SMILES string of the molecule is COCC(C)(C)N1CCNC(Cc2ccccc2)C1. The summed E-state index contributed by atoms with van der Waals surface area (Å²) in [6.45, 7) is 8.56. The van der Waals surface area contributed by atoms with E-state index in [0.29, 0.717) is 6.04 Å². The van der Waals surface area contributed by atoms with E-state index in [9.17, 15) is 0 Å². The van der Waals surface area contributed by atoms with Crippen molar-refractivity contribution in [2.45, 2.75) is 31.8 Å². The number of benzene rings is 1. The van der Waals surface area contributed by atoms with E-state index in [2.05, 4.69) is 54.4 Å². The molecule has 1 atom stereocenters. The van der Waals surface area contributed by atoms with Gasteiger partial charge in [0, 0.05) is 38.3 Å². The summed E-state index contributed by atoms with van der Waals surface area (Å²) in [6, 6.07) is 11.3. The van der Waals surface area contributed by atoms with Crippen molar-refractivity contribution in [2.75, 3.05) is 33.4 Å². The molecule has 1 N–H and O–H groups in total. The Kier molecular flexibility index (Phi) is 4.97. The fourth-order valence-corrected chi connectivity index (χ4v) is 2.86. The zero-order chi connectivity index (χ0) is 13.7. The largest absolute Gasteiger partial charge is 0.383 e. The van der Waals surface area contributed by atoms with Crippen LogP contribution in [0, 0.1) is 0 Å². The fraction of sp³-hybridized carbons (Fsp3) is 0.625. The Labute approximate surface area is 116 Å².